The topological polar surface area (TPSA) is 53.1 Å². The van der Waals surface area contributed by atoms with E-state index in [0.717, 1.165) is 42.3 Å². The van der Waals surface area contributed by atoms with Crippen LogP contribution in [0.2, 0.25) is 0 Å². The fourth-order valence-electron chi connectivity index (χ4n) is 2.97. The van der Waals surface area contributed by atoms with Crippen molar-refractivity contribution in [2.24, 2.45) is 0 Å². The maximum atomic E-state index is 4.76. The number of benzene rings is 2. The molecule has 0 aliphatic carbocycles. The van der Waals surface area contributed by atoms with Crippen LogP contribution in [-0.2, 0) is 0 Å². The lowest BCUT2D eigenvalue weighted by Crippen LogP contribution is -2.17. The zero-order valence-electron chi connectivity index (χ0n) is 17.2. The molecular formula is C23H29N5. The van der Waals surface area contributed by atoms with Crippen LogP contribution in [0.1, 0.15) is 17.5 Å². The van der Waals surface area contributed by atoms with Crippen LogP contribution in [-0.4, -0.2) is 42.1 Å². The summed E-state index contributed by atoms with van der Waals surface area (Å²) >= 11 is 0. The van der Waals surface area contributed by atoms with Crippen LogP contribution in [0.25, 0.3) is 11.3 Å². The first-order valence-corrected chi connectivity index (χ1v) is 9.69. The van der Waals surface area contributed by atoms with Gasteiger partial charge in [-0.15, -0.1) is 0 Å². The van der Waals surface area contributed by atoms with Gasteiger partial charge in [0.05, 0.1) is 5.69 Å². The van der Waals surface area contributed by atoms with Crippen molar-refractivity contribution in [1.82, 2.24) is 14.9 Å². The van der Waals surface area contributed by atoms with Gasteiger partial charge >= 0.3 is 0 Å². The second-order valence-electron chi connectivity index (χ2n) is 7.28. The van der Waals surface area contributed by atoms with Crippen molar-refractivity contribution in [2.45, 2.75) is 20.3 Å². The smallest absolute Gasteiger partial charge is 0.229 e. The average molecular weight is 376 g/mol. The predicted octanol–water partition coefficient (Wildman–Crippen LogP) is 4.87. The Kier molecular flexibility index (Phi) is 6.61. The third kappa shape index (κ3) is 5.30. The van der Waals surface area contributed by atoms with E-state index in [9.17, 15) is 0 Å². The highest BCUT2D eigenvalue weighted by Gasteiger charge is 2.09. The minimum absolute atomic E-state index is 0.602. The number of nitrogens with one attached hydrogen (secondary N) is 2. The molecule has 3 rings (SSSR count). The third-order valence-electron chi connectivity index (χ3n) is 4.74. The molecular weight excluding hydrogens is 346 g/mol. The van der Waals surface area contributed by atoms with E-state index in [1.165, 1.54) is 11.1 Å². The Morgan fingerprint density at radius 1 is 0.929 bits per heavy atom. The largest absolute Gasteiger partial charge is 0.370 e. The van der Waals surface area contributed by atoms with Crippen LogP contribution in [0.5, 0.6) is 0 Å². The number of aryl methyl sites for hydroxylation is 1. The highest BCUT2D eigenvalue weighted by atomic mass is 15.1. The van der Waals surface area contributed by atoms with E-state index in [2.05, 4.69) is 67.7 Å². The maximum absolute atomic E-state index is 4.76. The molecule has 5 heteroatoms. The SMILES string of the molecule is Cc1cccc(Nc2nc(NCCCN(C)C)cc(-c3ccccc3)n2)c1C. The standard InChI is InChI=1S/C23H29N5/c1-17-10-8-13-20(18(17)2)25-23-26-21(19-11-6-5-7-12-19)16-22(27-23)24-14-9-15-28(3)4/h5-8,10-13,16H,9,14-15H2,1-4H3,(H2,24,25,26,27). The molecule has 3 aromatic rings. The molecule has 2 N–H and O–H groups in total. The summed E-state index contributed by atoms with van der Waals surface area (Å²) in [6, 6.07) is 18.4. The number of nitrogens with zero attached hydrogens (tertiary/aromatic N) is 3. The number of hydrogen-bond acceptors (Lipinski definition) is 5. The first kappa shape index (κ1) is 19.8. The highest BCUT2D eigenvalue weighted by Crippen LogP contribution is 2.25. The van der Waals surface area contributed by atoms with Gasteiger partial charge in [-0.05, 0) is 58.1 Å². The molecule has 0 fully saturated rings. The van der Waals surface area contributed by atoms with Gasteiger partial charge in [-0.25, -0.2) is 4.98 Å². The van der Waals surface area contributed by atoms with Crippen LogP contribution in [0.3, 0.4) is 0 Å². The Morgan fingerprint density at radius 3 is 2.46 bits per heavy atom. The second-order valence-corrected chi connectivity index (χ2v) is 7.28. The fourth-order valence-corrected chi connectivity index (χ4v) is 2.97. The first-order valence-electron chi connectivity index (χ1n) is 9.69. The van der Waals surface area contributed by atoms with E-state index in [4.69, 9.17) is 9.97 Å². The molecule has 5 nitrogen and oxygen atoms in total. The summed E-state index contributed by atoms with van der Waals surface area (Å²) in [4.78, 5) is 11.6. The van der Waals surface area contributed by atoms with Gasteiger partial charge in [0, 0.05) is 23.9 Å². The summed E-state index contributed by atoms with van der Waals surface area (Å²) in [6.45, 7) is 6.13. The van der Waals surface area contributed by atoms with Gasteiger partial charge in [-0.2, -0.15) is 4.98 Å². The number of aromatic nitrogens is 2. The Labute approximate surface area is 167 Å². The van der Waals surface area contributed by atoms with Gasteiger partial charge in [0.2, 0.25) is 5.95 Å². The zero-order valence-corrected chi connectivity index (χ0v) is 17.2. The van der Waals surface area contributed by atoms with Crippen LogP contribution >= 0.6 is 0 Å². The Bertz CT molecular complexity index is 906. The predicted molar refractivity (Wildman–Crippen MR) is 118 cm³/mol. The van der Waals surface area contributed by atoms with Crippen molar-refractivity contribution in [3.8, 4) is 11.3 Å². The Balaban J connectivity index is 1.87. The average Bonchev–Trinajstić information content (AvgIpc) is 2.69. The van der Waals surface area contributed by atoms with Crippen molar-refractivity contribution >= 4 is 17.5 Å². The fraction of sp³-hybridized carbons (Fsp3) is 0.304. The molecule has 0 bridgehead atoms. The minimum Gasteiger partial charge on any atom is -0.370 e. The molecule has 2 aromatic carbocycles. The molecule has 0 amide bonds. The monoisotopic (exact) mass is 375 g/mol. The molecule has 0 atom stereocenters. The number of rotatable bonds is 8. The van der Waals surface area contributed by atoms with E-state index in [-0.39, 0.29) is 0 Å². The van der Waals surface area contributed by atoms with Crippen LogP contribution in [0.15, 0.2) is 54.6 Å². The summed E-state index contributed by atoms with van der Waals surface area (Å²) in [5.41, 5.74) is 5.45. The molecule has 0 unspecified atom stereocenters. The lowest BCUT2D eigenvalue weighted by atomic mass is 10.1. The van der Waals surface area contributed by atoms with Crippen molar-refractivity contribution in [1.29, 1.82) is 0 Å². The number of anilines is 3. The summed E-state index contributed by atoms with van der Waals surface area (Å²) in [5.74, 6) is 1.44. The van der Waals surface area contributed by atoms with Crippen molar-refractivity contribution in [2.75, 3.05) is 37.8 Å². The van der Waals surface area contributed by atoms with Gasteiger partial charge in [0.1, 0.15) is 5.82 Å². The zero-order chi connectivity index (χ0) is 19.9. The summed E-state index contributed by atoms with van der Waals surface area (Å²) in [7, 11) is 4.18. The molecule has 0 aliphatic heterocycles. The van der Waals surface area contributed by atoms with Crippen LogP contribution < -0.4 is 10.6 Å². The molecule has 0 radical (unpaired) electrons. The van der Waals surface area contributed by atoms with Crippen molar-refractivity contribution in [3.05, 3.63) is 65.7 Å². The minimum atomic E-state index is 0.602. The van der Waals surface area contributed by atoms with E-state index in [1.54, 1.807) is 0 Å². The second kappa shape index (κ2) is 9.33. The van der Waals surface area contributed by atoms with Crippen molar-refractivity contribution < 1.29 is 0 Å². The molecule has 0 saturated carbocycles. The van der Waals surface area contributed by atoms with E-state index in [0.29, 0.717) is 5.95 Å². The van der Waals surface area contributed by atoms with E-state index in [1.807, 2.05) is 30.3 Å². The van der Waals surface area contributed by atoms with Gasteiger partial charge in [0.15, 0.2) is 0 Å². The van der Waals surface area contributed by atoms with Gasteiger partial charge in [0.25, 0.3) is 0 Å². The molecule has 146 valence electrons. The lowest BCUT2D eigenvalue weighted by molar-refractivity contribution is 0.405. The lowest BCUT2D eigenvalue weighted by Gasteiger charge is -2.14. The van der Waals surface area contributed by atoms with E-state index < -0.39 is 0 Å². The molecule has 28 heavy (non-hydrogen) atoms. The first-order chi connectivity index (χ1) is 13.5. The Hall–Kier alpha value is -2.92. The maximum Gasteiger partial charge on any atom is 0.229 e. The number of hydrogen-bond donors (Lipinski definition) is 2. The summed E-state index contributed by atoms with van der Waals surface area (Å²) in [6.07, 6.45) is 1.05. The molecule has 0 aliphatic rings. The van der Waals surface area contributed by atoms with Gasteiger partial charge in [-0.3, -0.25) is 0 Å². The molecule has 0 saturated heterocycles. The summed E-state index contributed by atoms with van der Waals surface area (Å²) < 4.78 is 0. The molecule has 1 heterocycles. The van der Waals surface area contributed by atoms with Crippen LogP contribution in [0.4, 0.5) is 17.5 Å². The van der Waals surface area contributed by atoms with E-state index >= 15 is 0 Å². The third-order valence-corrected chi connectivity index (χ3v) is 4.74. The van der Waals surface area contributed by atoms with Crippen LogP contribution in [0, 0.1) is 13.8 Å². The summed E-state index contributed by atoms with van der Waals surface area (Å²) in [5, 5.41) is 6.85. The highest BCUT2D eigenvalue weighted by molar-refractivity contribution is 5.67. The van der Waals surface area contributed by atoms with Gasteiger partial charge in [-0.1, -0.05) is 42.5 Å². The molecule has 1 aromatic heterocycles. The van der Waals surface area contributed by atoms with Crippen molar-refractivity contribution in [3.63, 3.8) is 0 Å². The quantitative estimate of drug-likeness (QED) is 0.550. The molecule has 0 spiro atoms. The normalized spacial score (nSPS) is 10.9. The van der Waals surface area contributed by atoms with Gasteiger partial charge < -0.3 is 15.5 Å². The Morgan fingerprint density at radius 2 is 1.71 bits per heavy atom.